The quantitative estimate of drug-likeness (QED) is 0.186. The van der Waals surface area contributed by atoms with Gasteiger partial charge in [0, 0.05) is 24.4 Å². The maximum atomic E-state index is 12.4. The van der Waals surface area contributed by atoms with Crippen LogP contribution in [0.3, 0.4) is 0 Å². The third-order valence-electron chi connectivity index (χ3n) is 4.21. The van der Waals surface area contributed by atoms with Gasteiger partial charge in [-0.25, -0.2) is 4.98 Å². The summed E-state index contributed by atoms with van der Waals surface area (Å²) < 4.78 is 0. The Balaban J connectivity index is 1.83. The van der Waals surface area contributed by atoms with Crippen LogP contribution in [0.25, 0.3) is 6.08 Å². The van der Waals surface area contributed by atoms with Gasteiger partial charge in [0.15, 0.2) is 5.16 Å². The van der Waals surface area contributed by atoms with Crippen molar-refractivity contribution in [3.63, 3.8) is 0 Å². The number of aryl methyl sites for hydroxylation is 1. The molecular formula is C22H17N5O4S. The van der Waals surface area contributed by atoms with Crippen molar-refractivity contribution in [2.75, 3.05) is 0 Å². The summed E-state index contributed by atoms with van der Waals surface area (Å²) in [5.74, 6) is -0.584. The number of carbonyl (C=O) groups excluding carboxylic acids is 1. The molecule has 0 bridgehead atoms. The minimum Gasteiger partial charge on any atom is -0.347 e. The van der Waals surface area contributed by atoms with Gasteiger partial charge < -0.3 is 10.3 Å². The predicted octanol–water partition coefficient (Wildman–Crippen LogP) is 3.36. The third kappa shape index (κ3) is 5.90. The van der Waals surface area contributed by atoms with Gasteiger partial charge in [0.1, 0.15) is 11.6 Å². The Labute approximate surface area is 187 Å². The number of nitrogens with one attached hydrogen (secondary N) is 2. The van der Waals surface area contributed by atoms with E-state index in [0.717, 1.165) is 17.3 Å². The molecule has 9 nitrogen and oxygen atoms in total. The second-order valence-electron chi connectivity index (χ2n) is 6.62. The number of hydrogen-bond acceptors (Lipinski definition) is 7. The zero-order chi connectivity index (χ0) is 23.1. The molecule has 0 unspecified atom stereocenters. The first-order valence-corrected chi connectivity index (χ1v) is 10.2. The molecule has 0 saturated heterocycles. The lowest BCUT2D eigenvalue weighted by Crippen LogP contribution is -2.23. The van der Waals surface area contributed by atoms with Crippen LogP contribution in [0.5, 0.6) is 0 Å². The molecule has 32 heavy (non-hydrogen) atoms. The van der Waals surface area contributed by atoms with Crippen molar-refractivity contribution in [3.8, 4) is 6.07 Å². The number of aromatic amines is 1. The van der Waals surface area contributed by atoms with Gasteiger partial charge in [-0.3, -0.25) is 19.7 Å². The zero-order valence-electron chi connectivity index (χ0n) is 16.9. The molecule has 0 aliphatic carbocycles. The molecule has 0 aliphatic heterocycles. The average Bonchev–Trinajstić information content (AvgIpc) is 2.76. The standard InChI is InChI=1S/C22H17N5O4S/c1-14-9-20(28)26-22(25-14)32-19-8-7-16(11-18(19)27(30)31)10-17(12-23)21(29)24-13-15-5-3-2-4-6-15/h2-11H,13H2,1H3,(H,24,29)(H,25,26,28)/b17-10+. The molecule has 0 atom stereocenters. The fraction of sp³-hybridized carbons (Fsp3) is 0.0909. The van der Waals surface area contributed by atoms with Crippen molar-refractivity contribution in [2.24, 2.45) is 0 Å². The monoisotopic (exact) mass is 447 g/mol. The van der Waals surface area contributed by atoms with E-state index in [4.69, 9.17) is 0 Å². The topological polar surface area (TPSA) is 142 Å². The van der Waals surface area contributed by atoms with Crippen LogP contribution in [0.1, 0.15) is 16.8 Å². The summed E-state index contributed by atoms with van der Waals surface area (Å²) in [5.41, 5.74) is 0.896. The van der Waals surface area contributed by atoms with Crippen molar-refractivity contribution in [1.29, 1.82) is 5.26 Å². The summed E-state index contributed by atoms with van der Waals surface area (Å²) in [6.45, 7) is 1.89. The number of nitro groups is 1. The Bertz CT molecular complexity index is 1300. The van der Waals surface area contributed by atoms with Crippen LogP contribution >= 0.6 is 11.8 Å². The zero-order valence-corrected chi connectivity index (χ0v) is 17.7. The number of carbonyl (C=O) groups is 1. The van der Waals surface area contributed by atoms with Crippen molar-refractivity contribution in [3.05, 3.63) is 97.5 Å². The van der Waals surface area contributed by atoms with Gasteiger partial charge in [0.05, 0.1) is 9.82 Å². The van der Waals surface area contributed by atoms with Gasteiger partial charge in [-0.15, -0.1) is 0 Å². The Morgan fingerprint density at radius 3 is 2.69 bits per heavy atom. The Morgan fingerprint density at radius 1 is 1.28 bits per heavy atom. The highest BCUT2D eigenvalue weighted by atomic mass is 32.2. The van der Waals surface area contributed by atoms with E-state index >= 15 is 0 Å². The molecule has 0 radical (unpaired) electrons. The average molecular weight is 447 g/mol. The van der Waals surface area contributed by atoms with Gasteiger partial charge in [0.2, 0.25) is 0 Å². The van der Waals surface area contributed by atoms with E-state index < -0.39 is 10.8 Å². The Morgan fingerprint density at radius 2 is 2.03 bits per heavy atom. The summed E-state index contributed by atoms with van der Waals surface area (Å²) in [7, 11) is 0. The molecule has 3 aromatic rings. The third-order valence-corrected chi connectivity index (χ3v) is 5.16. The second kappa shape index (κ2) is 10.2. The highest BCUT2D eigenvalue weighted by molar-refractivity contribution is 7.99. The van der Waals surface area contributed by atoms with Gasteiger partial charge in [-0.2, -0.15) is 5.26 Å². The molecule has 0 aliphatic rings. The first-order chi connectivity index (χ1) is 15.4. The van der Waals surface area contributed by atoms with E-state index in [1.807, 2.05) is 36.4 Å². The van der Waals surface area contributed by atoms with Crippen molar-refractivity contribution < 1.29 is 9.72 Å². The molecule has 1 amide bonds. The molecule has 10 heteroatoms. The highest BCUT2D eigenvalue weighted by Gasteiger charge is 2.18. The van der Waals surface area contributed by atoms with Gasteiger partial charge in [-0.05, 0) is 42.0 Å². The molecular weight excluding hydrogens is 430 g/mol. The number of benzene rings is 2. The van der Waals surface area contributed by atoms with E-state index in [-0.39, 0.29) is 33.4 Å². The van der Waals surface area contributed by atoms with Gasteiger partial charge in [-0.1, -0.05) is 36.4 Å². The maximum absolute atomic E-state index is 12.4. The molecule has 3 rings (SSSR count). The maximum Gasteiger partial charge on any atom is 0.283 e. The van der Waals surface area contributed by atoms with E-state index in [2.05, 4.69) is 15.3 Å². The number of nitro benzene ring substituents is 1. The minimum atomic E-state index is -0.584. The number of rotatable bonds is 7. The molecule has 160 valence electrons. The van der Waals surface area contributed by atoms with Crippen molar-refractivity contribution >= 4 is 29.4 Å². The number of hydrogen-bond donors (Lipinski definition) is 2. The Hall–Kier alpha value is -4.23. The van der Waals surface area contributed by atoms with E-state index in [1.165, 1.54) is 24.3 Å². The molecule has 2 aromatic carbocycles. The van der Waals surface area contributed by atoms with E-state index in [0.29, 0.717) is 11.3 Å². The molecule has 2 N–H and O–H groups in total. The molecule has 0 spiro atoms. The number of H-pyrrole nitrogens is 1. The van der Waals surface area contributed by atoms with E-state index in [1.54, 1.807) is 13.0 Å². The molecule has 1 aromatic heterocycles. The predicted molar refractivity (Wildman–Crippen MR) is 119 cm³/mol. The minimum absolute atomic E-state index is 0.180. The summed E-state index contributed by atoms with van der Waals surface area (Å²) in [6, 6.07) is 16.6. The summed E-state index contributed by atoms with van der Waals surface area (Å²) in [5, 5.41) is 23.8. The summed E-state index contributed by atoms with van der Waals surface area (Å²) in [4.78, 5) is 41.9. The highest BCUT2D eigenvalue weighted by Crippen LogP contribution is 2.33. The van der Waals surface area contributed by atoms with Gasteiger partial charge in [0.25, 0.3) is 17.2 Å². The van der Waals surface area contributed by atoms with Crippen LogP contribution in [0.4, 0.5) is 5.69 Å². The summed E-state index contributed by atoms with van der Waals surface area (Å²) >= 11 is 0.943. The van der Waals surface area contributed by atoms with Crippen LogP contribution in [-0.4, -0.2) is 20.8 Å². The van der Waals surface area contributed by atoms with Crippen LogP contribution in [-0.2, 0) is 11.3 Å². The number of amides is 1. The van der Waals surface area contributed by atoms with E-state index in [9.17, 15) is 25.0 Å². The van der Waals surface area contributed by atoms with Crippen LogP contribution in [0.15, 0.2) is 75.0 Å². The second-order valence-corrected chi connectivity index (χ2v) is 7.65. The SMILES string of the molecule is Cc1cc(=O)[nH]c(Sc2ccc(/C=C(\C#N)C(=O)NCc3ccccc3)cc2[N+](=O)[O-])n1. The fourth-order valence-electron chi connectivity index (χ4n) is 2.75. The van der Waals surface area contributed by atoms with Crippen molar-refractivity contribution in [2.45, 2.75) is 23.5 Å². The van der Waals surface area contributed by atoms with Crippen LogP contribution in [0, 0.1) is 28.4 Å². The normalized spacial score (nSPS) is 10.9. The fourth-order valence-corrected chi connectivity index (χ4v) is 3.67. The molecule has 1 heterocycles. The number of nitrogens with zero attached hydrogens (tertiary/aromatic N) is 3. The smallest absolute Gasteiger partial charge is 0.283 e. The lowest BCUT2D eigenvalue weighted by molar-refractivity contribution is -0.387. The number of nitriles is 1. The Kier molecular flexibility index (Phi) is 7.15. The first kappa shape index (κ1) is 22.5. The number of aromatic nitrogens is 2. The largest absolute Gasteiger partial charge is 0.347 e. The first-order valence-electron chi connectivity index (χ1n) is 9.34. The molecule has 0 saturated carbocycles. The van der Waals surface area contributed by atoms with Crippen LogP contribution < -0.4 is 10.9 Å². The van der Waals surface area contributed by atoms with Crippen molar-refractivity contribution in [1.82, 2.24) is 15.3 Å². The lowest BCUT2D eigenvalue weighted by Gasteiger charge is -2.06. The lowest BCUT2D eigenvalue weighted by atomic mass is 10.1. The summed E-state index contributed by atoms with van der Waals surface area (Å²) in [6.07, 6.45) is 1.29. The van der Waals surface area contributed by atoms with Crippen LogP contribution in [0.2, 0.25) is 0 Å². The molecule has 0 fully saturated rings. The van der Waals surface area contributed by atoms with Gasteiger partial charge >= 0.3 is 0 Å².